The van der Waals surface area contributed by atoms with Gasteiger partial charge in [0.1, 0.15) is 6.54 Å². The SMILES string of the molecule is CC.Cc1cc(C(F)(F)F)nn1CC(=O)N1CCC(CC2=NOC(c3ccccc3)C2)C1. The molecule has 174 valence electrons. The summed E-state index contributed by atoms with van der Waals surface area (Å²) in [5.41, 5.74) is 1.42. The van der Waals surface area contributed by atoms with Crippen LogP contribution in [0.1, 0.15) is 56.2 Å². The van der Waals surface area contributed by atoms with Crippen molar-refractivity contribution in [2.75, 3.05) is 13.1 Å². The van der Waals surface area contributed by atoms with Gasteiger partial charge < -0.3 is 9.74 Å². The van der Waals surface area contributed by atoms with Crippen LogP contribution >= 0.6 is 0 Å². The average Bonchev–Trinajstić information content (AvgIpc) is 3.51. The lowest BCUT2D eigenvalue weighted by atomic mass is 9.96. The van der Waals surface area contributed by atoms with Gasteiger partial charge >= 0.3 is 6.18 Å². The maximum Gasteiger partial charge on any atom is 0.435 e. The van der Waals surface area contributed by atoms with E-state index in [-0.39, 0.29) is 24.5 Å². The van der Waals surface area contributed by atoms with E-state index in [1.807, 2.05) is 44.2 Å². The first-order valence-electron chi connectivity index (χ1n) is 11.0. The lowest BCUT2D eigenvalue weighted by Crippen LogP contribution is -2.32. The Balaban J connectivity index is 0.00000141. The van der Waals surface area contributed by atoms with Crippen LogP contribution in [0.4, 0.5) is 13.2 Å². The van der Waals surface area contributed by atoms with E-state index in [1.165, 1.54) is 6.92 Å². The second kappa shape index (κ2) is 10.2. The lowest BCUT2D eigenvalue weighted by Gasteiger charge is -2.17. The molecule has 0 saturated carbocycles. The molecule has 1 aromatic carbocycles. The maximum atomic E-state index is 12.8. The first-order chi connectivity index (χ1) is 15.3. The monoisotopic (exact) mass is 450 g/mol. The van der Waals surface area contributed by atoms with Gasteiger partial charge in [-0.05, 0) is 37.3 Å². The molecule has 1 saturated heterocycles. The highest BCUT2D eigenvalue weighted by molar-refractivity contribution is 5.86. The number of oxime groups is 1. The summed E-state index contributed by atoms with van der Waals surface area (Å²) in [6, 6.07) is 10.9. The Bertz CT molecular complexity index is 940. The van der Waals surface area contributed by atoms with Crippen LogP contribution in [0.3, 0.4) is 0 Å². The molecule has 3 heterocycles. The van der Waals surface area contributed by atoms with Crippen molar-refractivity contribution in [3.8, 4) is 0 Å². The van der Waals surface area contributed by atoms with Crippen LogP contribution in [0.25, 0.3) is 0 Å². The van der Waals surface area contributed by atoms with Crippen molar-refractivity contribution < 1.29 is 22.8 Å². The zero-order valence-corrected chi connectivity index (χ0v) is 18.6. The number of halogens is 3. The molecule has 2 atom stereocenters. The molecule has 0 bridgehead atoms. The predicted molar refractivity (Wildman–Crippen MR) is 115 cm³/mol. The fraction of sp³-hybridized carbons (Fsp3) is 0.522. The largest absolute Gasteiger partial charge is 0.435 e. The Kier molecular flexibility index (Phi) is 7.58. The summed E-state index contributed by atoms with van der Waals surface area (Å²) in [7, 11) is 0. The van der Waals surface area contributed by atoms with Crippen LogP contribution in [-0.2, 0) is 22.4 Å². The lowest BCUT2D eigenvalue weighted by molar-refractivity contribution is -0.142. The van der Waals surface area contributed by atoms with E-state index in [9.17, 15) is 18.0 Å². The van der Waals surface area contributed by atoms with E-state index >= 15 is 0 Å². The van der Waals surface area contributed by atoms with Crippen LogP contribution < -0.4 is 0 Å². The van der Waals surface area contributed by atoms with Crippen LogP contribution in [0.5, 0.6) is 0 Å². The first kappa shape index (κ1) is 23.8. The molecule has 2 aliphatic heterocycles. The van der Waals surface area contributed by atoms with Crippen molar-refractivity contribution in [1.29, 1.82) is 0 Å². The number of aryl methyl sites for hydroxylation is 1. The van der Waals surface area contributed by atoms with Gasteiger partial charge in [0.15, 0.2) is 11.8 Å². The van der Waals surface area contributed by atoms with Crippen molar-refractivity contribution in [2.45, 2.75) is 58.9 Å². The minimum Gasteiger partial charge on any atom is -0.387 e. The fourth-order valence-corrected chi connectivity index (χ4v) is 3.99. The van der Waals surface area contributed by atoms with Crippen molar-refractivity contribution >= 4 is 11.6 Å². The van der Waals surface area contributed by atoms with E-state index in [2.05, 4.69) is 10.3 Å². The minimum absolute atomic E-state index is 0.0639. The highest BCUT2D eigenvalue weighted by Crippen LogP contribution is 2.31. The third kappa shape index (κ3) is 5.69. The molecule has 9 heteroatoms. The summed E-state index contributed by atoms with van der Waals surface area (Å²) in [5.74, 6) is 0.0551. The molecule has 0 radical (unpaired) electrons. The van der Waals surface area contributed by atoms with Gasteiger partial charge in [-0.2, -0.15) is 18.3 Å². The predicted octanol–water partition coefficient (Wildman–Crippen LogP) is 4.99. The zero-order chi connectivity index (χ0) is 23.3. The Morgan fingerprint density at radius 2 is 1.94 bits per heavy atom. The van der Waals surface area contributed by atoms with Gasteiger partial charge in [0.2, 0.25) is 5.91 Å². The van der Waals surface area contributed by atoms with Crippen molar-refractivity contribution in [1.82, 2.24) is 14.7 Å². The number of benzene rings is 1. The highest BCUT2D eigenvalue weighted by atomic mass is 19.4. The van der Waals surface area contributed by atoms with Crippen LogP contribution in [0.15, 0.2) is 41.6 Å². The smallest absolute Gasteiger partial charge is 0.387 e. The Morgan fingerprint density at radius 1 is 1.22 bits per heavy atom. The molecule has 0 aliphatic carbocycles. The molecule has 2 aliphatic rings. The third-order valence-corrected chi connectivity index (χ3v) is 5.62. The maximum absolute atomic E-state index is 12.8. The summed E-state index contributed by atoms with van der Waals surface area (Å²) in [6.07, 6.45) is -2.25. The highest BCUT2D eigenvalue weighted by Gasteiger charge is 2.35. The second-order valence-electron chi connectivity index (χ2n) is 7.89. The fourth-order valence-electron chi connectivity index (χ4n) is 3.99. The molecular weight excluding hydrogens is 421 g/mol. The van der Waals surface area contributed by atoms with Crippen molar-refractivity contribution in [3.63, 3.8) is 0 Å². The standard InChI is InChI=1S/C21H23F3N4O2.C2H6/c1-14-9-19(21(22,23)24)25-28(14)13-20(29)27-8-7-15(12-27)10-17-11-18(30-26-17)16-5-3-2-4-6-16;1-2/h2-6,9,15,18H,7-8,10-13H2,1H3;1-2H3. The van der Waals surface area contributed by atoms with E-state index in [4.69, 9.17) is 4.84 Å². The van der Waals surface area contributed by atoms with Crippen LogP contribution in [0, 0.1) is 12.8 Å². The van der Waals surface area contributed by atoms with Gasteiger partial charge in [-0.25, -0.2) is 0 Å². The molecular formula is C23H29F3N4O2. The summed E-state index contributed by atoms with van der Waals surface area (Å²) >= 11 is 0. The number of amides is 1. The minimum atomic E-state index is -4.51. The van der Waals surface area contributed by atoms with Gasteiger partial charge in [0.05, 0.1) is 5.71 Å². The molecule has 0 spiro atoms. The van der Waals surface area contributed by atoms with Crippen molar-refractivity contribution in [3.05, 3.63) is 53.3 Å². The summed E-state index contributed by atoms with van der Waals surface area (Å²) in [6.45, 7) is 6.49. The third-order valence-electron chi connectivity index (χ3n) is 5.62. The molecule has 32 heavy (non-hydrogen) atoms. The van der Waals surface area contributed by atoms with Gasteiger partial charge in [0.25, 0.3) is 0 Å². The number of hydrogen-bond donors (Lipinski definition) is 0. The van der Waals surface area contributed by atoms with E-state index < -0.39 is 11.9 Å². The van der Waals surface area contributed by atoms with Crippen LogP contribution in [-0.4, -0.2) is 39.4 Å². The molecule has 1 fully saturated rings. The number of hydrogen-bond acceptors (Lipinski definition) is 4. The molecule has 2 unspecified atom stereocenters. The van der Waals surface area contributed by atoms with Crippen molar-refractivity contribution in [2.24, 2.45) is 11.1 Å². The van der Waals surface area contributed by atoms with Gasteiger partial charge in [-0.15, -0.1) is 0 Å². The molecule has 0 N–H and O–H groups in total. The van der Waals surface area contributed by atoms with Gasteiger partial charge in [0, 0.05) is 25.2 Å². The molecule has 1 aromatic heterocycles. The van der Waals surface area contributed by atoms with E-state index in [0.717, 1.165) is 41.3 Å². The van der Waals surface area contributed by atoms with E-state index in [0.29, 0.717) is 18.8 Å². The number of likely N-dealkylation sites (tertiary alicyclic amines) is 1. The van der Waals surface area contributed by atoms with Crippen LogP contribution in [0.2, 0.25) is 0 Å². The Morgan fingerprint density at radius 3 is 2.59 bits per heavy atom. The molecule has 2 aromatic rings. The van der Waals surface area contributed by atoms with E-state index in [1.54, 1.807) is 4.90 Å². The number of aromatic nitrogens is 2. The van der Waals surface area contributed by atoms with Gasteiger partial charge in [-0.1, -0.05) is 49.3 Å². The Hall–Kier alpha value is -2.84. The average molecular weight is 451 g/mol. The number of rotatable bonds is 5. The summed E-state index contributed by atoms with van der Waals surface area (Å²) < 4.78 is 39.5. The summed E-state index contributed by atoms with van der Waals surface area (Å²) in [5, 5.41) is 7.76. The Labute approximate surface area is 186 Å². The number of alkyl halides is 3. The first-order valence-corrected chi connectivity index (χ1v) is 11.0. The normalized spacial score (nSPS) is 20.4. The quantitative estimate of drug-likeness (QED) is 0.645. The zero-order valence-electron chi connectivity index (χ0n) is 18.6. The molecule has 1 amide bonds. The second-order valence-corrected chi connectivity index (χ2v) is 7.89. The summed E-state index contributed by atoms with van der Waals surface area (Å²) in [4.78, 5) is 19.8. The molecule has 6 nitrogen and oxygen atoms in total. The number of carbonyl (C=O) groups is 1. The molecule has 4 rings (SSSR count). The number of carbonyl (C=O) groups excluding carboxylic acids is 1. The number of nitrogens with zero attached hydrogens (tertiary/aromatic N) is 4. The van der Waals surface area contributed by atoms with Gasteiger partial charge in [-0.3, -0.25) is 9.48 Å². The topological polar surface area (TPSA) is 59.7 Å².